The first kappa shape index (κ1) is 9.71. The van der Waals surface area contributed by atoms with Crippen molar-refractivity contribution in [3.8, 4) is 0 Å². The Morgan fingerprint density at radius 2 is 2.33 bits per heavy atom. The molecule has 4 heteroatoms. The zero-order chi connectivity index (χ0) is 11.0. The van der Waals surface area contributed by atoms with Gasteiger partial charge in [0.1, 0.15) is 5.65 Å². The van der Waals surface area contributed by atoms with Crippen molar-refractivity contribution in [1.82, 2.24) is 9.55 Å². The first-order valence-corrected chi connectivity index (χ1v) is 4.81. The Labute approximate surface area is 87.2 Å². The smallest absolute Gasteiger partial charge is 0.354 e. The molecule has 1 N–H and O–H groups in total. The number of pyridine rings is 1. The van der Waals surface area contributed by atoms with Crippen molar-refractivity contribution in [3.63, 3.8) is 0 Å². The molecule has 2 rings (SSSR count). The highest BCUT2D eigenvalue weighted by Crippen LogP contribution is 2.19. The summed E-state index contributed by atoms with van der Waals surface area (Å²) in [5.74, 6) is -0.979. The van der Waals surface area contributed by atoms with Crippen LogP contribution in [0.1, 0.15) is 23.0 Å². The summed E-state index contributed by atoms with van der Waals surface area (Å²) in [4.78, 5) is 15.0. The molecule has 0 atom stereocenters. The van der Waals surface area contributed by atoms with Crippen LogP contribution in [-0.2, 0) is 13.5 Å². The van der Waals surface area contributed by atoms with Crippen molar-refractivity contribution >= 4 is 17.0 Å². The second kappa shape index (κ2) is 3.38. The Balaban J connectivity index is 2.79. The third-order valence-electron chi connectivity index (χ3n) is 2.52. The highest BCUT2D eigenvalue weighted by molar-refractivity contribution is 5.90. The topological polar surface area (TPSA) is 55.1 Å². The third-order valence-corrected chi connectivity index (χ3v) is 2.52. The number of aryl methyl sites for hydroxylation is 2. The van der Waals surface area contributed by atoms with Gasteiger partial charge in [0.15, 0.2) is 5.69 Å². The Bertz CT molecular complexity index is 529. The number of carbonyl (C=O) groups is 1. The lowest BCUT2D eigenvalue weighted by Crippen LogP contribution is -2.03. The van der Waals surface area contributed by atoms with E-state index in [-0.39, 0.29) is 5.69 Å². The summed E-state index contributed by atoms with van der Waals surface area (Å²) in [6.45, 7) is 2.01. The fourth-order valence-electron chi connectivity index (χ4n) is 1.70. The molecule has 0 radical (unpaired) electrons. The highest BCUT2D eigenvalue weighted by Gasteiger charge is 2.11. The predicted molar refractivity (Wildman–Crippen MR) is 57.1 cm³/mol. The molecule has 0 fully saturated rings. The molecule has 2 heterocycles. The third kappa shape index (κ3) is 1.48. The average Bonchev–Trinajstić information content (AvgIpc) is 2.59. The van der Waals surface area contributed by atoms with Gasteiger partial charge in [-0.05, 0) is 24.1 Å². The van der Waals surface area contributed by atoms with E-state index in [9.17, 15) is 4.79 Å². The molecule has 2 aromatic rings. The SMILES string of the molecule is CCc1cc(C(=O)O)nc2c1ccn2C. The minimum Gasteiger partial charge on any atom is -0.477 e. The number of rotatable bonds is 2. The second-order valence-electron chi connectivity index (χ2n) is 3.49. The number of hydrogen-bond donors (Lipinski definition) is 1. The minimum atomic E-state index is -0.979. The Morgan fingerprint density at radius 1 is 1.60 bits per heavy atom. The molecule has 0 unspecified atom stereocenters. The molecule has 0 aliphatic carbocycles. The van der Waals surface area contributed by atoms with Crippen LogP contribution in [0.3, 0.4) is 0 Å². The lowest BCUT2D eigenvalue weighted by atomic mass is 10.1. The number of nitrogens with zero attached hydrogens (tertiary/aromatic N) is 2. The van der Waals surface area contributed by atoms with Crippen LogP contribution >= 0.6 is 0 Å². The zero-order valence-electron chi connectivity index (χ0n) is 8.69. The van der Waals surface area contributed by atoms with Gasteiger partial charge < -0.3 is 9.67 Å². The Hall–Kier alpha value is -1.84. The number of hydrogen-bond acceptors (Lipinski definition) is 2. The highest BCUT2D eigenvalue weighted by atomic mass is 16.4. The fourth-order valence-corrected chi connectivity index (χ4v) is 1.70. The summed E-state index contributed by atoms with van der Waals surface area (Å²) >= 11 is 0. The normalized spacial score (nSPS) is 10.8. The van der Waals surface area contributed by atoms with Crippen LogP contribution in [0.4, 0.5) is 0 Å². The minimum absolute atomic E-state index is 0.112. The standard InChI is InChI=1S/C11H12N2O2/c1-3-7-6-9(11(14)15)12-10-8(7)4-5-13(10)2/h4-6H,3H2,1-2H3,(H,14,15). The molecule has 0 aromatic carbocycles. The molecule has 0 aliphatic heterocycles. The Kier molecular flexibility index (Phi) is 2.19. The van der Waals surface area contributed by atoms with Gasteiger partial charge in [0.2, 0.25) is 0 Å². The second-order valence-corrected chi connectivity index (χ2v) is 3.49. The summed E-state index contributed by atoms with van der Waals surface area (Å²) in [5, 5.41) is 9.95. The summed E-state index contributed by atoms with van der Waals surface area (Å²) in [7, 11) is 1.86. The van der Waals surface area contributed by atoms with Crippen LogP contribution in [-0.4, -0.2) is 20.6 Å². The van der Waals surface area contributed by atoms with Crippen LogP contribution in [0.25, 0.3) is 11.0 Å². The van der Waals surface area contributed by atoms with E-state index in [4.69, 9.17) is 5.11 Å². The molecule has 4 nitrogen and oxygen atoms in total. The van der Waals surface area contributed by atoms with Gasteiger partial charge in [0.05, 0.1) is 0 Å². The van der Waals surface area contributed by atoms with E-state index < -0.39 is 5.97 Å². The van der Waals surface area contributed by atoms with Gasteiger partial charge in [-0.2, -0.15) is 0 Å². The molecule has 0 spiro atoms. The van der Waals surface area contributed by atoms with Gasteiger partial charge in [0.25, 0.3) is 0 Å². The van der Waals surface area contributed by atoms with Crippen LogP contribution in [0.5, 0.6) is 0 Å². The lowest BCUT2D eigenvalue weighted by Gasteiger charge is -2.03. The summed E-state index contributed by atoms with van der Waals surface area (Å²) < 4.78 is 1.83. The van der Waals surface area contributed by atoms with E-state index in [1.807, 2.05) is 30.8 Å². The molecular formula is C11H12N2O2. The van der Waals surface area contributed by atoms with Gasteiger partial charge in [-0.1, -0.05) is 6.92 Å². The van der Waals surface area contributed by atoms with Crippen molar-refractivity contribution in [2.75, 3.05) is 0 Å². The molecule has 2 aromatic heterocycles. The van der Waals surface area contributed by atoms with E-state index in [0.717, 1.165) is 23.0 Å². The van der Waals surface area contributed by atoms with Crippen molar-refractivity contribution in [1.29, 1.82) is 0 Å². The van der Waals surface area contributed by atoms with Crippen molar-refractivity contribution in [2.45, 2.75) is 13.3 Å². The number of carboxylic acids is 1. The first-order chi connectivity index (χ1) is 7.13. The number of aromatic carboxylic acids is 1. The number of aromatic nitrogens is 2. The van der Waals surface area contributed by atoms with Gasteiger partial charge in [-0.15, -0.1) is 0 Å². The van der Waals surface area contributed by atoms with E-state index in [2.05, 4.69) is 4.98 Å². The first-order valence-electron chi connectivity index (χ1n) is 4.81. The van der Waals surface area contributed by atoms with Gasteiger partial charge in [-0.3, -0.25) is 0 Å². The molecule has 0 bridgehead atoms. The molecule has 15 heavy (non-hydrogen) atoms. The average molecular weight is 204 g/mol. The lowest BCUT2D eigenvalue weighted by molar-refractivity contribution is 0.0690. The molecule has 0 amide bonds. The maximum absolute atomic E-state index is 10.9. The van der Waals surface area contributed by atoms with Gasteiger partial charge in [0, 0.05) is 18.6 Å². The van der Waals surface area contributed by atoms with E-state index >= 15 is 0 Å². The largest absolute Gasteiger partial charge is 0.477 e. The van der Waals surface area contributed by atoms with Crippen molar-refractivity contribution in [2.24, 2.45) is 7.05 Å². The monoisotopic (exact) mass is 204 g/mol. The quantitative estimate of drug-likeness (QED) is 0.812. The van der Waals surface area contributed by atoms with Gasteiger partial charge in [-0.25, -0.2) is 9.78 Å². The maximum Gasteiger partial charge on any atom is 0.354 e. The number of fused-ring (bicyclic) bond motifs is 1. The zero-order valence-corrected chi connectivity index (χ0v) is 8.69. The van der Waals surface area contributed by atoms with E-state index in [1.54, 1.807) is 6.07 Å². The maximum atomic E-state index is 10.9. The van der Waals surface area contributed by atoms with Crippen LogP contribution in [0.2, 0.25) is 0 Å². The van der Waals surface area contributed by atoms with E-state index in [0.29, 0.717) is 0 Å². The molecule has 0 saturated heterocycles. The summed E-state index contributed by atoms with van der Waals surface area (Å²) in [6.07, 6.45) is 2.70. The Morgan fingerprint density at radius 3 is 2.93 bits per heavy atom. The van der Waals surface area contributed by atoms with Crippen LogP contribution in [0.15, 0.2) is 18.3 Å². The van der Waals surface area contributed by atoms with Crippen LogP contribution < -0.4 is 0 Å². The van der Waals surface area contributed by atoms with Crippen molar-refractivity contribution in [3.05, 3.63) is 29.6 Å². The summed E-state index contributed by atoms with van der Waals surface area (Å²) in [6, 6.07) is 3.61. The van der Waals surface area contributed by atoms with Crippen LogP contribution in [0, 0.1) is 0 Å². The van der Waals surface area contributed by atoms with Crippen molar-refractivity contribution < 1.29 is 9.90 Å². The molecule has 0 saturated carbocycles. The predicted octanol–water partition coefficient (Wildman–Crippen LogP) is 1.83. The molecule has 78 valence electrons. The van der Waals surface area contributed by atoms with Gasteiger partial charge >= 0.3 is 5.97 Å². The summed E-state index contributed by atoms with van der Waals surface area (Å²) in [5.41, 5.74) is 1.87. The molecule has 0 aliphatic rings. The van der Waals surface area contributed by atoms with E-state index in [1.165, 1.54) is 0 Å². The fraction of sp³-hybridized carbons (Fsp3) is 0.273. The molecular weight excluding hydrogens is 192 g/mol. The number of carboxylic acid groups (broad SMARTS) is 1.